The van der Waals surface area contributed by atoms with Gasteiger partial charge >= 0.3 is 26.2 Å². The molecule has 7 rings (SSSR count). The maximum atomic E-state index is 6.16. The first-order chi connectivity index (χ1) is 15.7. The normalized spacial score (nSPS) is 10.3. The van der Waals surface area contributed by atoms with Crippen molar-refractivity contribution in [2.24, 2.45) is 0 Å². The Hall–Kier alpha value is -1.93. The van der Waals surface area contributed by atoms with Crippen LogP contribution in [-0.2, 0) is 26.2 Å². The molecule has 0 aliphatic heterocycles. The van der Waals surface area contributed by atoms with Gasteiger partial charge < -0.3 is 24.8 Å². The average Bonchev–Trinajstić information content (AvgIpc) is 3.46. The molecule has 0 saturated heterocycles. The summed E-state index contributed by atoms with van der Waals surface area (Å²) < 4.78 is 2.69. The summed E-state index contributed by atoms with van der Waals surface area (Å²) in [5, 5.41) is 8.54. The summed E-state index contributed by atoms with van der Waals surface area (Å²) in [6.45, 7) is 0. The van der Waals surface area contributed by atoms with Crippen LogP contribution < -0.4 is 24.8 Å². The van der Waals surface area contributed by atoms with E-state index < -0.39 is 0 Å². The number of benzene rings is 4. The molecule has 4 bridgehead atoms. The molecule has 0 fully saturated rings. The van der Waals surface area contributed by atoms with Crippen molar-refractivity contribution in [3.63, 3.8) is 0 Å². The summed E-state index contributed by atoms with van der Waals surface area (Å²) in [6.07, 6.45) is 0. The predicted molar refractivity (Wildman–Crippen MR) is 142 cm³/mol. The second-order valence-electron chi connectivity index (χ2n) is 7.99. The third-order valence-electron chi connectivity index (χ3n) is 5.91. The molecule has 0 aliphatic rings. The standard InChI is InChI=1S/C15H10Cl.C15H9S.2ClH.Zr/c16-15-8-4-7-12-9-13(10-14(12)15)11-5-2-1-3-6-11;1-3-10-8-13(5-1)16-15-6-2-4-11-7-12(10)9-14(11)15;;;/h1-10H;1-9H;2*1H;/q2*-1;;;+4/p-2. The molecule has 0 atom stereocenters. The fraction of sp³-hybridized carbons (Fsp3) is 0. The summed E-state index contributed by atoms with van der Waals surface area (Å²) >= 11 is 8.01. The van der Waals surface area contributed by atoms with Crippen LogP contribution in [0.15, 0.2) is 115 Å². The molecule has 0 aliphatic carbocycles. The van der Waals surface area contributed by atoms with Gasteiger partial charge in [-0.15, -0.1) is 80.4 Å². The number of fused-ring (bicyclic) bond motifs is 5. The van der Waals surface area contributed by atoms with Crippen LogP contribution in [0.5, 0.6) is 0 Å². The molecule has 0 unspecified atom stereocenters. The summed E-state index contributed by atoms with van der Waals surface area (Å²) in [5.41, 5.74) is 2.46. The van der Waals surface area contributed by atoms with Crippen molar-refractivity contribution in [3.8, 4) is 11.1 Å². The topological polar surface area (TPSA) is 0 Å². The van der Waals surface area contributed by atoms with Crippen LogP contribution in [-0.4, -0.2) is 0 Å². The van der Waals surface area contributed by atoms with E-state index in [-0.39, 0.29) is 51.0 Å². The summed E-state index contributed by atoms with van der Waals surface area (Å²) in [5.74, 6) is 0. The molecule has 0 nitrogen and oxygen atoms in total. The van der Waals surface area contributed by atoms with E-state index in [4.69, 9.17) is 11.6 Å². The maximum absolute atomic E-state index is 6.16. The Kier molecular flexibility index (Phi) is 9.38. The van der Waals surface area contributed by atoms with Crippen molar-refractivity contribution < 1.29 is 51.0 Å². The van der Waals surface area contributed by atoms with E-state index >= 15 is 0 Å². The van der Waals surface area contributed by atoms with Crippen LogP contribution in [0.1, 0.15) is 0 Å². The molecular formula is C30H19Cl3SZr. The average molecular weight is 609 g/mol. The van der Waals surface area contributed by atoms with Gasteiger partial charge in [0.25, 0.3) is 0 Å². The van der Waals surface area contributed by atoms with Crippen molar-refractivity contribution >= 4 is 64.7 Å². The van der Waals surface area contributed by atoms with E-state index in [2.05, 4.69) is 97.1 Å². The van der Waals surface area contributed by atoms with Crippen molar-refractivity contribution in [2.45, 2.75) is 0 Å². The van der Waals surface area contributed by atoms with Gasteiger partial charge in [0.2, 0.25) is 0 Å². The minimum absolute atomic E-state index is 0. The molecule has 0 radical (unpaired) electrons. The molecular weight excluding hydrogens is 590 g/mol. The van der Waals surface area contributed by atoms with Crippen LogP contribution in [0.3, 0.4) is 0 Å². The quantitative estimate of drug-likeness (QED) is 0.249. The summed E-state index contributed by atoms with van der Waals surface area (Å²) in [7, 11) is 0. The molecule has 0 spiro atoms. The third-order valence-corrected chi connectivity index (χ3v) is 7.31. The van der Waals surface area contributed by atoms with E-state index in [1.807, 2.05) is 29.5 Å². The SMILES string of the molecule is Clc1cccc2cc(-c3ccccc3)[cH-]c12.[Cl-].[Cl-].[Zr+4].c1cc2cc(c1)c1cc3c(cccc3s2)[cH-]1. The van der Waals surface area contributed by atoms with E-state index in [0.29, 0.717) is 0 Å². The second-order valence-corrected chi connectivity index (χ2v) is 9.51. The van der Waals surface area contributed by atoms with Crippen LogP contribution in [0.25, 0.3) is 52.8 Å². The van der Waals surface area contributed by atoms with Gasteiger partial charge in [0, 0.05) is 4.70 Å². The number of hydrogen-bond donors (Lipinski definition) is 0. The smallest absolute Gasteiger partial charge is 1.00 e. The van der Waals surface area contributed by atoms with Crippen LogP contribution >= 0.6 is 22.9 Å². The van der Waals surface area contributed by atoms with E-state index in [1.54, 1.807) is 0 Å². The molecule has 1 heterocycles. The van der Waals surface area contributed by atoms with Gasteiger partial charge in [0.05, 0.1) is 0 Å². The first-order valence-corrected chi connectivity index (χ1v) is 11.8. The Morgan fingerprint density at radius 3 is 2.17 bits per heavy atom. The van der Waals surface area contributed by atoms with Gasteiger partial charge in [0.15, 0.2) is 0 Å². The fourth-order valence-corrected chi connectivity index (χ4v) is 5.58. The molecule has 5 heteroatoms. The predicted octanol–water partition coefficient (Wildman–Crippen LogP) is 3.81. The monoisotopic (exact) mass is 606 g/mol. The van der Waals surface area contributed by atoms with Crippen molar-refractivity contribution in [2.75, 3.05) is 0 Å². The minimum Gasteiger partial charge on any atom is -1.00 e. The van der Waals surface area contributed by atoms with Gasteiger partial charge in [-0.3, -0.25) is 0 Å². The van der Waals surface area contributed by atoms with E-state index in [1.165, 1.54) is 47.5 Å². The molecule has 7 aromatic rings. The van der Waals surface area contributed by atoms with Gasteiger partial charge in [-0.05, 0) is 15.8 Å². The van der Waals surface area contributed by atoms with Crippen LogP contribution in [0.2, 0.25) is 5.02 Å². The Labute approximate surface area is 245 Å². The fourth-order valence-electron chi connectivity index (χ4n) is 4.32. The Morgan fingerprint density at radius 2 is 1.37 bits per heavy atom. The Balaban J connectivity index is 0.000000180. The molecule has 0 saturated carbocycles. The third kappa shape index (κ3) is 5.58. The zero-order valence-corrected chi connectivity index (χ0v) is 24.1. The number of hydrogen-bond acceptors (Lipinski definition) is 1. The molecule has 35 heavy (non-hydrogen) atoms. The Bertz CT molecular complexity index is 1690. The first-order valence-electron chi connectivity index (χ1n) is 10.6. The largest absolute Gasteiger partial charge is 4.00 e. The van der Waals surface area contributed by atoms with Gasteiger partial charge in [-0.1, -0.05) is 95.2 Å². The molecule has 0 amide bonds. The zero-order chi connectivity index (χ0) is 21.5. The number of rotatable bonds is 1. The summed E-state index contributed by atoms with van der Waals surface area (Å²) in [6, 6.07) is 40.6. The van der Waals surface area contributed by atoms with Gasteiger partial charge in [-0.25, -0.2) is 0 Å². The van der Waals surface area contributed by atoms with Crippen molar-refractivity contribution in [1.82, 2.24) is 0 Å². The van der Waals surface area contributed by atoms with Crippen LogP contribution in [0, 0.1) is 0 Å². The summed E-state index contributed by atoms with van der Waals surface area (Å²) in [4.78, 5) is 0. The molecule has 0 N–H and O–H groups in total. The van der Waals surface area contributed by atoms with Crippen molar-refractivity contribution in [1.29, 1.82) is 0 Å². The number of halogens is 3. The Morgan fingerprint density at radius 1 is 0.629 bits per heavy atom. The van der Waals surface area contributed by atoms with E-state index in [0.717, 1.165) is 10.4 Å². The molecule has 170 valence electrons. The maximum Gasteiger partial charge on any atom is 4.00 e. The van der Waals surface area contributed by atoms with Crippen molar-refractivity contribution in [3.05, 3.63) is 120 Å². The minimum atomic E-state index is 0. The second kappa shape index (κ2) is 11.9. The van der Waals surface area contributed by atoms with Gasteiger partial charge in [0.1, 0.15) is 0 Å². The van der Waals surface area contributed by atoms with Crippen LogP contribution in [0.4, 0.5) is 0 Å². The molecule has 1 aromatic heterocycles. The molecule has 6 aromatic carbocycles. The van der Waals surface area contributed by atoms with Gasteiger partial charge in [-0.2, -0.15) is 0 Å². The van der Waals surface area contributed by atoms with E-state index in [9.17, 15) is 0 Å². The first kappa shape index (κ1) is 27.7. The zero-order valence-electron chi connectivity index (χ0n) is 18.5.